The molecule has 42 heavy (non-hydrogen) atoms. The van der Waals surface area contributed by atoms with E-state index in [4.69, 9.17) is 23.1 Å². The lowest BCUT2D eigenvalue weighted by Crippen LogP contribution is -2.48. The maximum Gasteiger partial charge on any atom is 0.410 e. The summed E-state index contributed by atoms with van der Waals surface area (Å²) in [5, 5.41) is 0. The zero-order valence-electron chi connectivity index (χ0n) is 24.5. The summed E-state index contributed by atoms with van der Waals surface area (Å²) >= 11 is 0. The van der Waals surface area contributed by atoms with Crippen molar-refractivity contribution in [2.75, 3.05) is 19.4 Å². The Labute approximate surface area is 248 Å². The largest absolute Gasteiger partial charge is 0.489 e. The molecule has 0 aromatic heterocycles. The van der Waals surface area contributed by atoms with E-state index in [1.54, 1.807) is 39.0 Å². The Balaban J connectivity index is 1.53. The second-order valence-electron chi connectivity index (χ2n) is 11.2. The van der Waals surface area contributed by atoms with Gasteiger partial charge in [0.2, 0.25) is 0 Å². The molecule has 0 saturated carbocycles. The topological polar surface area (TPSA) is 101 Å². The minimum absolute atomic E-state index is 0.136. The Morgan fingerprint density at radius 2 is 1.50 bits per heavy atom. The van der Waals surface area contributed by atoms with Crippen molar-refractivity contribution in [2.24, 2.45) is 0 Å². The van der Waals surface area contributed by atoms with Gasteiger partial charge in [0, 0.05) is 12.6 Å². The molecule has 1 heterocycles. The van der Waals surface area contributed by atoms with Gasteiger partial charge in [0.25, 0.3) is 10.1 Å². The van der Waals surface area contributed by atoms with Crippen molar-refractivity contribution in [2.45, 2.75) is 64.6 Å². The van der Waals surface area contributed by atoms with Gasteiger partial charge in [0.05, 0.1) is 12.3 Å². The van der Waals surface area contributed by atoms with E-state index in [1.807, 2.05) is 60.7 Å². The zero-order chi connectivity index (χ0) is 30.2. The highest BCUT2D eigenvalue weighted by atomic mass is 32.2. The second-order valence-corrected chi connectivity index (χ2v) is 12.8. The number of hydrogen-bond acceptors (Lipinski definition) is 8. The van der Waals surface area contributed by atoms with E-state index in [2.05, 4.69) is 0 Å². The Morgan fingerprint density at radius 3 is 2.10 bits per heavy atom. The maximum atomic E-state index is 12.9. The van der Waals surface area contributed by atoms with Crippen molar-refractivity contribution in [3.05, 3.63) is 90.0 Å². The highest BCUT2D eigenvalue weighted by Crippen LogP contribution is 2.34. The van der Waals surface area contributed by atoms with Gasteiger partial charge < -0.3 is 23.8 Å². The summed E-state index contributed by atoms with van der Waals surface area (Å²) in [4.78, 5) is 14.4. The third-order valence-corrected chi connectivity index (χ3v) is 7.06. The molecule has 0 spiro atoms. The molecule has 2 atom stereocenters. The number of carbonyl (C=O) groups excluding carboxylic acids is 1. The molecule has 1 aliphatic rings. The van der Waals surface area contributed by atoms with Gasteiger partial charge in [-0.3, -0.25) is 4.18 Å². The molecule has 0 radical (unpaired) electrons. The van der Waals surface area contributed by atoms with Gasteiger partial charge in [-0.05, 0) is 56.9 Å². The van der Waals surface area contributed by atoms with Crippen LogP contribution < -0.4 is 14.2 Å². The van der Waals surface area contributed by atoms with Crippen molar-refractivity contribution >= 4 is 16.2 Å². The normalized spacial score (nSPS) is 16.1. The lowest BCUT2D eigenvalue weighted by molar-refractivity contribution is 0.00338. The maximum absolute atomic E-state index is 12.9. The molecule has 0 N–H and O–H groups in total. The van der Waals surface area contributed by atoms with E-state index in [0.717, 1.165) is 17.4 Å². The molecule has 3 aromatic rings. The van der Waals surface area contributed by atoms with Crippen molar-refractivity contribution in [1.82, 2.24) is 4.90 Å². The summed E-state index contributed by atoms with van der Waals surface area (Å²) in [6.45, 7) is 6.32. The molecule has 1 fully saturated rings. The van der Waals surface area contributed by atoms with Crippen molar-refractivity contribution in [3.63, 3.8) is 0 Å². The van der Waals surface area contributed by atoms with Crippen LogP contribution in [0, 0.1) is 0 Å². The number of amides is 1. The minimum atomic E-state index is -3.86. The van der Waals surface area contributed by atoms with Gasteiger partial charge in [0.15, 0.2) is 11.5 Å². The monoisotopic (exact) mass is 597 g/mol. The minimum Gasteiger partial charge on any atom is -0.489 e. The quantitative estimate of drug-likeness (QED) is 0.236. The van der Waals surface area contributed by atoms with E-state index in [9.17, 15) is 13.2 Å². The molecule has 226 valence electrons. The number of likely N-dealkylation sites (tertiary alicyclic amines) is 1. The van der Waals surface area contributed by atoms with Crippen LogP contribution in [0.15, 0.2) is 78.9 Å². The first kappa shape index (κ1) is 31.2. The van der Waals surface area contributed by atoms with Gasteiger partial charge in [-0.2, -0.15) is 8.42 Å². The third kappa shape index (κ3) is 9.66. The zero-order valence-corrected chi connectivity index (χ0v) is 25.3. The summed E-state index contributed by atoms with van der Waals surface area (Å²) in [7, 11) is -3.86. The van der Waals surface area contributed by atoms with Crippen molar-refractivity contribution in [1.29, 1.82) is 0 Å². The molecule has 9 nitrogen and oxygen atoms in total. The molecule has 3 aromatic carbocycles. The Bertz CT molecular complexity index is 1410. The SMILES string of the molecule is CC(C)(C)OC(=O)N1CCC[C@H]1[C@@H](COc1ccc(OCc2ccccc2)cc1OCc1ccccc1)OS(C)(=O)=O. The summed E-state index contributed by atoms with van der Waals surface area (Å²) in [5.74, 6) is 1.41. The van der Waals surface area contributed by atoms with E-state index in [1.165, 1.54) is 4.90 Å². The van der Waals surface area contributed by atoms with Crippen LogP contribution in [0.1, 0.15) is 44.7 Å². The van der Waals surface area contributed by atoms with Crippen LogP contribution in [0.3, 0.4) is 0 Å². The fourth-order valence-electron chi connectivity index (χ4n) is 4.61. The van der Waals surface area contributed by atoms with E-state index in [-0.39, 0.29) is 13.2 Å². The van der Waals surface area contributed by atoms with Crippen LogP contribution in [0.2, 0.25) is 0 Å². The van der Waals surface area contributed by atoms with E-state index in [0.29, 0.717) is 43.2 Å². The number of benzene rings is 3. The van der Waals surface area contributed by atoms with Gasteiger partial charge in [0.1, 0.15) is 37.3 Å². The molecule has 1 saturated heterocycles. The fraction of sp³-hybridized carbons (Fsp3) is 0.406. The van der Waals surface area contributed by atoms with Crippen LogP contribution in [0.5, 0.6) is 17.2 Å². The number of nitrogens with zero attached hydrogens (tertiary/aromatic N) is 1. The highest BCUT2D eigenvalue weighted by molar-refractivity contribution is 7.86. The smallest absolute Gasteiger partial charge is 0.410 e. The number of rotatable bonds is 12. The van der Waals surface area contributed by atoms with Crippen LogP contribution in [-0.2, 0) is 32.3 Å². The first-order valence-electron chi connectivity index (χ1n) is 13.9. The van der Waals surface area contributed by atoms with Crippen LogP contribution in [0.25, 0.3) is 0 Å². The van der Waals surface area contributed by atoms with Gasteiger partial charge >= 0.3 is 6.09 Å². The second kappa shape index (κ2) is 13.9. The van der Waals surface area contributed by atoms with E-state index >= 15 is 0 Å². The molecule has 0 aliphatic carbocycles. The molecule has 1 amide bonds. The van der Waals surface area contributed by atoms with Crippen molar-refractivity contribution in [3.8, 4) is 17.2 Å². The predicted octanol–water partition coefficient (Wildman–Crippen LogP) is 5.97. The third-order valence-electron chi connectivity index (χ3n) is 6.46. The highest BCUT2D eigenvalue weighted by Gasteiger charge is 2.39. The average Bonchev–Trinajstić information content (AvgIpc) is 3.44. The molecule has 1 aliphatic heterocycles. The lowest BCUT2D eigenvalue weighted by Gasteiger charge is -2.32. The Hall–Kier alpha value is -3.76. The number of hydrogen-bond donors (Lipinski definition) is 0. The first-order valence-corrected chi connectivity index (χ1v) is 15.8. The molecule has 4 rings (SSSR count). The van der Waals surface area contributed by atoms with E-state index < -0.39 is 34.0 Å². The Morgan fingerprint density at radius 1 is 0.881 bits per heavy atom. The van der Waals surface area contributed by atoms with Gasteiger partial charge in [-0.15, -0.1) is 0 Å². The molecule has 10 heteroatoms. The number of carbonyl (C=O) groups is 1. The average molecular weight is 598 g/mol. The lowest BCUT2D eigenvalue weighted by atomic mass is 10.1. The standard InChI is InChI=1S/C32H39NO8S/c1-32(2,3)40-31(34)33-19-11-16-27(33)30(41-42(4,35)36)23-39-28-18-17-26(37-21-24-12-7-5-8-13-24)20-29(28)38-22-25-14-9-6-10-15-25/h5-10,12-15,17-18,20,27,30H,11,16,19,21-23H2,1-4H3/t27-,30+/m0/s1. The first-order chi connectivity index (χ1) is 20.0. The molecule has 0 unspecified atom stereocenters. The Kier molecular flexibility index (Phi) is 10.3. The van der Waals surface area contributed by atoms with Crippen LogP contribution >= 0.6 is 0 Å². The predicted molar refractivity (Wildman–Crippen MR) is 159 cm³/mol. The molecule has 0 bridgehead atoms. The summed E-state index contributed by atoms with van der Waals surface area (Å²) < 4.78 is 53.8. The van der Waals surface area contributed by atoms with Crippen LogP contribution in [-0.4, -0.2) is 56.6 Å². The van der Waals surface area contributed by atoms with Crippen molar-refractivity contribution < 1.29 is 36.3 Å². The molecular weight excluding hydrogens is 558 g/mol. The number of ether oxygens (including phenoxy) is 4. The fourth-order valence-corrected chi connectivity index (χ4v) is 5.24. The summed E-state index contributed by atoms with van der Waals surface area (Å²) in [6.07, 6.45) is 0.753. The van der Waals surface area contributed by atoms with Crippen LogP contribution in [0.4, 0.5) is 4.79 Å². The molecular formula is C32H39NO8S. The van der Waals surface area contributed by atoms with Gasteiger partial charge in [-0.25, -0.2) is 4.79 Å². The van der Waals surface area contributed by atoms with Gasteiger partial charge in [-0.1, -0.05) is 60.7 Å². The summed E-state index contributed by atoms with van der Waals surface area (Å²) in [6, 6.07) is 24.2. The summed E-state index contributed by atoms with van der Waals surface area (Å²) in [5.41, 5.74) is 1.30.